The first kappa shape index (κ1) is 16.8. The zero-order valence-electron chi connectivity index (χ0n) is 11.2. The maximum atomic E-state index is 12.4. The predicted molar refractivity (Wildman–Crippen MR) is 74.4 cm³/mol. The second kappa shape index (κ2) is 6.49. The summed E-state index contributed by atoms with van der Waals surface area (Å²) in [7, 11) is -1.11. The molecule has 9 heteroatoms. The minimum atomic E-state index is -3.93. The van der Waals surface area contributed by atoms with Crippen LogP contribution in [0.4, 0.5) is 5.69 Å². The molecule has 20 heavy (non-hydrogen) atoms. The Labute approximate surface area is 122 Å². The average molecular weight is 323 g/mol. The van der Waals surface area contributed by atoms with E-state index in [1.54, 1.807) is 6.92 Å². The fourth-order valence-corrected chi connectivity index (χ4v) is 3.38. The molecule has 0 aliphatic heterocycles. The zero-order chi connectivity index (χ0) is 15.5. The maximum Gasteiger partial charge on any atom is 0.270 e. The third-order valence-electron chi connectivity index (χ3n) is 2.81. The minimum absolute atomic E-state index is 0.0629. The zero-order valence-corrected chi connectivity index (χ0v) is 12.8. The van der Waals surface area contributed by atoms with Gasteiger partial charge in [0.05, 0.1) is 16.6 Å². The number of sulfonamides is 1. The van der Waals surface area contributed by atoms with E-state index >= 15 is 0 Å². The van der Waals surface area contributed by atoms with E-state index in [1.165, 1.54) is 20.2 Å². The third-order valence-corrected chi connectivity index (χ3v) is 5.26. The summed E-state index contributed by atoms with van der Waals surface area (Å²) in [6.07, 6.45) is 0. The van der Waals surface area contributed by atoms with Crippen LogP contribution in [0.25, 0.3) is 0 Å². The molecule has 0 radical (unpaired) electrons. The van der Waals surface area contributed by atoms with Crippen molar-refractivity contribution < 1.29 is 18.1 Å². The van der Waals surface area contributed by atoms with Gasteiger partial charge >= 0.3 is 0 Å². The molecule has 0 saturated heterocycles. The summed E-state index contributed by atoms with van der Waals surface area (Å²) in [5.74, 6) is 0. The summed E-state index contributed by atoms with van der Waals surface area (Å²) in [5, 5.41) is 10.7. The van der Waals surface area contributed by atoms with Gasteiger partial charge in [-0.15, -0.1) is 0 Å². The van der Waals surface area contributed by atoms with Crippen LogP contribution in [0.3, 0.4) is 0 Å². The molecule has 7 nitrogen and oxygen atoms in total. The summed E-state index contributed by atoms with van der Waals surface area (Å²) in [6.45, 7) is 1.86. The lowest BCUT2D eigenvalue weighted by atomic mass is 10.3. The number of ether oxygens (including phenoxy) is 1. The maximum absolute atomic E-state index is 12.4. The van der Waals surface area contributed by atoms with Gasteiger partial charge in [0, 0.05) is 32.3 Å². The molecule has 1 atom stereocenters. The van der Waals surface area contributed by atoms with Gasteiger partial charge in [0.15, 0.2) is 0 Å². The van der Waals surface area contributed by atoms with E-state index in [9.17, 15) is 18.5 Å². The van der Waals surface area contributed by atoms with E-state index in [-0.39, 0.29) is 22.2 Å². The standard InChI is InChI=1S/C11H15ClN2O5S/c1-8(7-19-3)13(2)20(17,18)11-6-9(14(15)16)4-5-10(11)12/h4-6,8H,7H2,1-3H3. The number of nitrogens with zero attached hydrogens (tertiary/aromatic N) is 2. The molecule has 0 N–H and O–H groups in total. The van der Waals surface area contributed by atoms with Gasteiger partial charge in [-0.1, -0.05) is 11.6 Å². The highest BCUT2D eigenvalue weighted by Crippen LogP contribution is 2.28. The number of hydrogen-bond donors (Lipinski definition) is 0. The first-order valence-electron chi connectivity index (χ1n) is 5.62. The SMILES string of the molecule is COCC(C)N(C)S(=O)(=O)c1cc([N+](=O)[O-])ccc1Cl. The highest BCUT2D eigenvalue weighted by Gasteiger charge is 2.29. The summed E-state index contributed by atoms with van der Waals surface area (Å²) in [4.78, 5) is 9.77. The van der Waals surface area contributed by atoms with E-state index in [2.05, 4.69) is 0 Å². The Hall–Kier alpha value is -1.22. The topological polar surface area (TPSA) is 89.8 Å². The van der Waals surface area contributed by atoms with Crippen molar-refractivity contribution in [3.8, 4) is 0 Å². The normalized spacial score (nSPS) is 13.4. The van der Waals surface area contributed by atoms with Crippen LogP contribution in [0.15, 0.2) is 23.1 Å². The van der Waals surface area contributed by atoms with Gasteiger partial charge in [0.25, 0.3) is 5.69 Å². The predicted octanol–water partition coefficient (Wildman–Crippen LogP) is 1.90. The Bertz CT molecular complexity index is 605. The van der Waals surface area contributed by atoms with E-state index < -0.39 is 21.0 Å². The summed E-state index contributed by atoms with van der Waals surface area (Å²) in [5.41, 5.74) is -0.333. The van der Waals surface area contributed by atoms with Crippen LogP contribution in [-0.2, 0) is 14.8 Å². The van der Waals surface area contributed by atoms with Gasteiger partial charge in [0.1, 0.15) is 4.90 Å². The van der Waals surface area contributed by atoms with Crippen LogP contribution in [0.5, 0.6) is 0 Å². The van der Waals surface area contributed by atoms with E-state index in [0.29, 0.717) is 0 Å². The number of nitro groups is 1. The molecule has 1 rings (SSSR count). The molecule has 0 fully saturated rings. The van der Waals surface area contributed by atoms with Crippen molar-refractivity contribution in [2.45, 2.75) is 17.9 Å². The number of halogens is 1. The number of nitro benzene ring substituents is 1. The van der Waals surface area contributed by atoms with Crippen LogP contribution in [0.1, 0.15) is 6.92 Å². The summed E-state index contributed by atoms with van der Waals surface area (Å²) >= 11 is 5.85. The highest BCUT2D eigenvalue weighted by molar-refractivity contribution is 7.89. The molecule has 112 valence electrons. The van der Waals surface area contributed by atoms with Crippen molar-refractivity contribution in [3.05, 3.63) is 33.3 Å². The lowest BCUT2D eigenvalue weighted by Gasteiger charge is -2.24. The average Bonchev–Trinajstić information content (AvgIpc) is 2.37. The molecule has 1 aromatic rings. The molecule has 0 saturated carbocycles. The first-order valence-corrected chi connectivity index (χ1v) is 7.44. The quantitative estimate of drug-likeness (QED) is 0.589. The van der Waals surface area contributed by atoms with Crippen LogP contribution in [0.2, 0.25) is 5.02 Å². The van der Waals surface area contributed by atoms with Crippen molar-refractivity contribution in [1.29, 1.82) is 0 Å². The van der Waals surface area contributed by atoms with Gasteiger partial charge < -0.3 is 4.74 Å². The smallest absolute Gasteiger partial charge is 0.270 e. The van der Waals surface area contributed by atoms with Gasteiger partial charge in [-0.2, -0.15) is 4.31 Å². The van der Waals surface area contributed by atoms with Crippen LogP contribution in [-0.4, -0.2) is 44.5 Å². The molecule has 1 aromatic carbocycles. The molecule has 0 aromatic heterocycles. The van der Waals surface area contributed by atoms with Gasteiger partial charge in [-0.3, -0.25) is 10.1 Å². The molecule has 0 heterocycles. The Balaban J connectivity index is 3.27. The molecule has 0 aliphatic carbocycles. The van der Waals surface area contributed by atoms with Gasteiger partial charge in [0.2, 0.25) is 10.0 Å². The fourth-order valence-electron chi connectivity index (χ4n) is 1.54. The Morgan fingerprint density at radius 3 is 2.60 bits per heavy atom. The van der Waals surface area contributed by atoms with Crippen LogP contribution >= 0.6 is 11.6 Å². The molecule has 0 aliphatic rings. The Morgan fingerprint density at radius 2 is 2.10 bits per heavy atom. The molecule has 0 bridgehead atoms. The van der Waals surface area contributed by atoms with Crippen molar-refractivity contribution in [3.63, 3.8) is 0 Å². The van der Waals surface area contributed by atoms with Crippen molar-refractivity contribution in [2.24, 2.45) is 0 Å². The third kappa shape index (κ3) is 3.45. The lowest BCUT2D eigenvalue weighted by Crippen LogP contribution is -2.37. The minimum Gasteiger partial charge on any atom is -0.383 e. The van der Waals surface area contributed by atoms with Crippen molar-refractivity contribution in [1.82, 2.24) is 4.31 Å². The monoisotopic (exact) mass is 322 g/mol. The molecule has 0 spiro atoms. The molecule has 1 unspecified atom stereocenters. The summed E-state index contributed by atoms with van der Waals surface area (Å²) in [6, 6.07) is 2.87. The Kier molecular flexibility index (Phi) is 5.46. The van der Waals surface area contributed by atoms with E-state index in [0.717, 1.165) is 16.4 Å². The molecule has 0 amide bonds. The van der Waals surface area contributed by atoms with Gasteiger partial charge in [-0.25, -0.2) is 8.42 Å². The lowest BCUT2D eigenvalue weighted by molar-refractivity contribution is -0.385. The highest BCUT2D eigenvalue weighted by atomic mass is 35.5. The number of methoxy groups -OCH3 is 1. The van der Waals surface area contributed by atoms with Crippen LogP contribution in [0, 0.1) is 10.1 Å². The van der Waals surface area contributed by atoms with Gasteiger partial charge in [-0.05, 0) is 13.0 Å². The molecular formula is C11H15ClN2O5S. The number of rotatable bonds is 6. The number of likely N-dealkylation sites (N-methyl/N-ethyl adjacent to an activating group) is 1. The largest absolute Gasteiger partial charge is 0.383 e. The summed E-state index contributed by atoms with van der Waals surface area (Å²) < 4.78 is 30.8. The van der Waals surface area contributed by atoms with Crippen LogP contribution < -0.4 is 0 Å². The Morgan fingerprint density at radius 1 is 1.50 bits per heavy atom. The van der Waals surface area contributed by atoms with E-state index in [4.69, 9.17) is 16.3 Å². The molecular weight excluding hydrogens is 308 g/mol. The van der Waals surface area contributed by atoms with E-state index in [1.807, 2.05) is 0 Å². The van der Waals surface area contributed by atoms with Crippen molar-refractivity contribution >= 4 is 27.3 Å². The number of non-ortho nitro benzene ring substituents is 1. The first-order chi connectivity index (χ1) is 9.21. The second-order valence-corrected chi connectivity index (χ2v) is 6.57. The fraction of sp³-hybridized carbons (Fsp3) is 0.455. The number of benzene rings is 1. The second-order valence-electron chi connectivity index (χ2n) is 4.20. The van der Waals surface area contributed by atoms with Crippen molar-refractivity contribution in [2.75, 3.05) is 20.8 Å². The number of hydrogen-bond acceptors (Lipinski definition) is 5.